The first-order valence-corrected chi connectivity index (χ1v) is 9.07. The summed E-state index contributed by atoms with van der Waals surface area (Å²) < 4.78 is 4.75. The molecular weight excluding hydrogens is 326 g/mol. The quantitative estimate of drug-likeness (QED) is 0.725. The van der Waals surface area contributed by atoms with Gasteiger partial charge in [-0.25, -0.2) is 4.79 Å². The van der Waals surface area contributed by atoms with Crippen LogP contribution in [0.1, 0.15) is 64.4 Å². The van der Waals surface area contributed by atoms with E-state index in [1.807, 2.05) is 4.90 Å². The summed E-state index contributed by atoms with van der Waals surface area (Å²) in [6.07, 6.45) is 2.07. The van der Waals surface area contributed by atoms with E-state index in [9.17, 15) is 9.59 Å². The molecule has 4 nitrogen and oxygen atoms in total. The molecule has 0 aliphatic heterocycles. The fraction of sp³-hybridized carbons (Fsp3) is 0.364. The molecule has 0 atom stereocenters. The average Bonchev–Trinajstić information content (AvgIpc) is 3.50. The standard InChI is InChI=1S/C22H25NO3/c1-15(2)17-9-7-16(8-10-17)14-23(20-11-12-20)21(24)18-5-4-6-19(13-18)22(25)26-3/h4-10,13,15,20H,11-12,14H2,1-3H3. The van der Waals surface area contributed by atoms with Gasteiger partial charge in [0.25, 0.3) is 5.91 Å². The highest BCUT2D eigenvalue weighted by atomic mass is 16.5. The Morgan fingerprint density at radius 3 is 2.31 bits per heavy atom. The highest BCUT2D eigenvalue weighted by Crippen LogP contribution is 2.30. The lowest BCUT2D eigenvalue weighted by Crippen LogP contribution is -2.32. The van der Waals surface area contributed by atoms with E-state index in [2.05, 4.69) is 38.1 Å². The molecule has 2 aromatic rings. The lowest BCUT2D eigenvalue weighted by molar-refractivity contribution is 0.0600. The van der Waals surface area contributed by atoms with Crippen molar-refractivity contribution >= 4 is 11.9 Å². The number of esters is 1. The first kappa shape index (κ1) is 18.2. The molecule has 0 N–H and O–H groups in total. The molecule has 1 fully saturated rings. The maximum Gasteiger partial charge on any atom is 0.337 e. The molecule has 0 bridgehead atoms. The van der Waals surface area contributed by atoms with Gasteiger partial charge in [0.2, 0.25) is 0 Å². The van der Waals surface area contributed by atoms with Crippen molar-refractivity contribution in [1.82, 2.24) is 4.90 Å². The molecule has 3 rings (SSSR count). The fourth-order valence-electron chi connectivity index (χ4n) is 3.02. The van der Waals surface area contributed by atoms with Gasteiger partial charge in [-0.2, -0.15) is 0 Å². The Balaban J connectivity index is 1.79. The number of hydrogen-bond donors (Lipinski definition) is 0. The third kappa shape index (κ3) is 4.13. The summed E-state index contributed by atoms with van der Waals surface area (Å²) in [5.74, 6) is 0.0272. The van der Waals surface area contributed by atoms with Crippen molar-refractivity contribution in [3.63, 3.8) is 0 Å². The van der Waals surface area contributed by atoms with Crippen LogP contribution in [-0.2, 0) is 11.3 Å². The van der Waals surface area contributed by atoms with Gasteiger partial charge in [-0.15, -0.1) is 0 Å². The van der Waals surface area contributed by atoms with Gasteiger partial charge in [0.05, 0.1) is 12.7 Å². The predicted octanol–water partition coefficient (Wildman–Crippen LogP) is 4.40. The van der Waals surface area contributed by atoms with Crippen LogP contribution in [0.3, 0.4) is 0 Å². The molecule has 0 heterocycles. The van der Waals surface area contributed by atoms with Gasteiger partial charge in [-0.1, -0.05) is 44.2 Å². The number of ether oxygens (including phenoxy) is 1. The van der Waals surface area contributed by atoms with Crippen LogP contribution >= 0.6 is 0 Å². The molecule has 2 aromatic carbocycles. The molecule has 0 radical (unpaired) electrons. The summed E-state index contributed by atoms with van der Waals surface area (Å²) in [5, 5.41) is 0. The zero-order valence-corrected chi connectivity index (χ0v) is 15.6. The summed E-state index contributed by atoms with van der Waals surface area (Å²) in [4.78, 5) is 26.7. The molecule has 136 valence electrons. The number of amides is 1. The molecule has 0 unspecified atom stereocenters. The monoisotopic (exact) mass is 351 g/mol. The Kier molecular flexibility index (Phi) is 5.40. The van der Waals surface area contributed by atoms with E-state index >= 15 is 0 Å². The lowest BCUT2D eigenvalue weighted by Gasteiger charge is -2.23. The van der Waals surface area contributed by atoms with Crippen LogP contribution in [-0.4, -0.2) is 29.9 Å². The van der Waals surface area contributed by atoms with E-state index in [-0.39, 0.29) is 11.9 Å². The Morgan fingerprint density at radius 2 is 1.73 bits per heavy atom. The first-order chi connectivity index (χ1) is 12.5. The smallest absolute Gasteiger partial charge is 0.337 e. The van der Waals surface area contributed by atoms with E-state index in [0.717, 1.165) is 18.4 Å². The number of carbonyl (C=O) groups excluding carboxylic acids is 2. The average molecular weight is 351 g/mol. The van der Waals surface area contributed by atoms with Gasteiger partial charge in [0.1, 0.15) is 0 Å². The molecule has 0 aromatic heterocycles. The van der Waals surface area contributed by atoms with Gasteiger partial charge in [0, 0.05) is 18.2 Å². The second-order valence-corrected chi connectivity index (χ2v) is 7.13. The van der Waals surface area contributed by atoms with Crippen LogP contribution in [0.25, 0.3) is 0 Å². The maximum absolute atomic E-state index is 13.0. The Bertz CT molecular complexity index is 791. The van der Waals surface area contributed by atoms with Crippen molar-refractivity contribution in [3.8, 4) is 0 Å². The lowest BCUT2D eigenvalue weighted by atomic mass is 10.0. The molecular formula is C22H25NO3. The van der Waals surface area contributed by atoms with Crippen LogP contribution in [0.5, 0.6) is 0 Å². The van der Waals surface area contributed by atoms with Crippen molar-refractivity contribution in [2.24, 2.45) is 0 Å². The summed E-state index contributed by atoms with van der Waals surface area (Å²) in [6, 6.07) is 15.5. The molecule has 1 amide bonds. The van der Waals surface area contributed by atoms with E-state index < -0.39 is 5.97 Å². The maximum atomic E-state index is 13.0. The Labute approximate surface area is 154 Å². The molecule has 1 saturated carbocycles. The largest absolute Gasteiger partial charge is 0.465 e. The van der Waals surface area contributed by atoms with Gasteiger partial charge < -0.3 is 9.64 Å². The SMILES string of the molecule is COC(=O)c1cccc(C(=O)N(Cc2ccc(C(C)C)cc2)C2CC2)c1. The van der Waals surface area contributed by atoms with E-state index in [0.29, 0.717) is 23.6 Å². The van der Waals surface area contributed by atoms with E-state index in [4.69, 9.17) is 4.74 Å². The Hall–Kier alpha value is -2.62. The molecule has 26 heavy (non-hydrogen) atoms. The van der Waals surface area contributed by atoms with Crippen LogP contribution in [0.2, 0.25) is 0 Å². The van der Waals surface area contributed by atoms with Crippen molar-refractivity contribution in [2.75, 3.05) is 7.11 Å². The van der Waals surface area contributed by atoms with Crippen molar-refractivity contribution in [1.29, 1.82) is 0 Å². The molecule has 1 aliphatic carbocycles. The topological polar surface area (TPSA) is 46.6 Å². The molecule has 4 heteroatoms. The zero-order chi connectivity index (χ0) is 18.7. The third-order valence-corrected chi connectivity index (χ3v) is 4.78. The second kappa shape index (κ2) is 7.73. The first-order valence-electron chi connectivity index (χ1n) is 9.07. The van der Waals surface area contributed by atoms with Gasteiger partial charge in [0.15, 0.2) is 0 Å². The normalized spacial score (nSPS) is 13.5. The number of rotatable bonds is 6. The number of methoxy groups -OCH3 is 1. The highest BCUT2D eigenvalue weighted by Gasteiger charge is 2.33. The van der Waals surface area contributed by atoms with Crippen molar-refractivity contribution < 1.29 is 14.3 Å². The minimum absolute atomic E-state index is 0.0359. The predicted molar refractivity (Wildman–Crippen MR) is 101 cm³/mol. The number of hydrogen-bond acceptors (Lipinski definition) is 3. The van der Waals surface area contributed by atoms with Gasteiger partial charge in [-0.05, 0) is 48.1 Å². The summed E-state index contributed by atoms with van der Waals surface area (Å²) in [5.41, 5.74) is 3.34. The van der Waals surface area contributed by atoms with E-state index in [1.54, 1.807) is 24.3 Å². The molecule has 0 saturated heterocycles. The van der Waals surface area contributed by atoms with E-state index in [1.165, 1.54) is 12.7 Å². The minimum atomic E-state index is -0.429. The number of nitrogens with zero attached hydrogens (tertiary/aromatic N) is 1. The van der Waals surface area contributed by atoms with Crippen LogP contribution in [0.15, 0.2) is 48.5 Å². The summed E-state index contributed by atoms with van der Waals surface area (Å²) in [6.45, 7) is 4.93. The highest BCUT2D eigenvalue weighted by molar-refractivity contribution is 5.98. The molecule has 1 aliphatic rings. The van der Waals surface area contributed by atoms with Crippen molar-refractivity contribution in [2.45, 2.75) is 45.2 Å². The summed E-state index contributed by atoms with van der Waals surface area (Å²) >= 11 is 0. The Morgan fingerprint density at radius 1 is 1.08 bits per heavy atom. The fourth-order valence-corrected chi connectivity index (χ4v) is 3.02. The van der Waals surface area contributed by atoms with Gasteiger partial charge >= 0.3 is 5.97 Å². The van der Waals surface area contributed by atoms with Gasteiger partial charge in [-0.3, -0.25) is 4.79 Å². The summed E-state index contributed by atoms with van der Waals surface area (Å²) in [7, 11) is 1.34. The molecule has 0 spiro atoms. The van der Waals surface area contributed by atoms with Crippen LogP contribution in [0, 0.1) is 0 Å². The minimum Gasteiger partial charge on any atom is -0.465 e. The van der Waals surface area contributed by atoms with Crippen molar-refractivity contribution in [3.05, 3.63) is 70.8 Å². The number of benzene rings is 2. The zero-order valence-electron chi connectivity index (χ0n) is 15.6. The third-order valence-electron chi connectivity index (χ3n) is 4.78. The van der Waals surface area contributed by atoms with Crippen LogP contribution < -0.4 is 0 Å². The van der Waals surface area contributed by atoms with Crippen LogP contribution in [0.4, 0.5) is 0 Å². The number of carbonyl (C=O) groups is 2. The second-order valence-electron chi connectivity index (χ2n) is 7.13.